The summed E-state index contributed by atoms with van der Waals surface area (Å²) in [6.45, 7) is 39.7. The van der Waals surface area contributed by atoms with E-state index in [1.807, 2.05) is 0 Å². The number of aromatic nitrogens is 8. The molecule has 436 valence electrons. The van der Waals surface area contributed by atoms with Gasteiger partial charge in [-0.2, -0.15) is 0 Å². The van der Waals surface area contributed by atoms with Crippen molar-refractivity contribution in [1.29, 1.82) is 0 Å². The number of hydrogen-bond donors (Lipinski definition) is 2. The average Bonchev–Trinajstić information content (AvgIpc) is 1.82. The first-order valence-electron chi connectivity index (χ1n) is 30.0. The van der Waals surface area contributed by atoms with Crippen LogP contribution < -0.4 is 0 Å². The van der Waals surface area contributed by atoms with E-state index in [0.717, 1.165) is 77.9 Å². The largest absolute Gasteiger partial charge is 0.324 e. The molecule has 0 aliphatic carbocycles. The summed E-state index contributed by atoms with van der Waals surface area (Å²) in [6, 6.07) is 51.4. The molecule has 9 aromatic rings. The summed E-state index contributed by atoms with van der Waals surface area (Å²) in [7, 11) is 0. The van der Waals surface area contributed by atoms with Gasteiger partial charge in [-0.25, -0.2) is 29.9 Å². The molecule has 2 N–H and O–H groups in total. The van der Waals surface area contributed by atoms with E-state index in [-0.39, 0.29) is 44.1 Å². The minimum absolute atomic E-state index is 0.119. The fourth-order valence-corrected chi connectivity index (χ4v) is 11.4. The Kier molecular flexibility index (Phi) is 14.4. The molecule has 8 bridgehead atoms. The fraction of sp³-hybridized carbons (Fsp3) is 0.316. The van der Waals surface area contributed by atoms with Gasteiger partial charge in [0.1, 0.15) is 22.6 Å². The molecule has 10 heteroatoms. The topological polar surface area (TPSA) is 143 Å². The van der Waals surface area contributed by atoms with Crippen LogP contribution in [0.15, 0.2) is 146 Å². The molecule has 2 aliphatic heterocycles. The summed E-state index contributed by atoms with van der Waals surface area (Å²) < 4.78 is 0. The first-order valence-corrected chi connectivity index (χ1v) is 30.0. The number of H-pyrrole nitrogens is 2. The number of fused-ring (bicyclic) bond motifs is 8. The lowest BCUT2D eigenvalue weighted by Gasteiger charge is -2.20. The second kappa shape index (κ2) is 21.0. The number of ketones is 2. The normalized spacial score (nSPS) is 13.7. The van der Waals surface area contributed by atoms with Crippen LogP contribution in [0.2, 0.25) is 0 Å². The van der Waals surface area contributed by atoms with Crippen LogP contribution in [0.5, 0.6) is 0 Å². The van der Waals surface area contributed by atoms with E-state index in [2.05, 4.69) is 280 Å². The molecule has 11 rings (SSSR count). The molecule has 5 heterocycles. The van der Waals surface area contributed by atoms with Crippen molar-refractivity contribution in [3.63, 3.8) is 0 Å². The smallest absolute Gasteiger partial charge is 0.274 e. The van der Waals surface area contributed by atoms with Crippen molar-refractivity contribution in [3.8, 4) is 44.5 Å². The molecule has 0 amide bonds. The highest BCUT2D eigenvalue weighted by molar-refractivity contribution is 6.49. The molecule has 0 radical (unpaired) electrons. The van der Waals surface area contributed by atoms with Gasteiger partial charge >= 0.3 is 0 Å². The predicted molar refractivity (Wildman–Crippen MR) is 353 cm³/mol. The van der Waals surface area contributed by atoms with Gasteiger partial charge in [-0.05, 0) is 99.3 Å². The Morgan fingerprint density at radius 1 is 0.233 bits per heavy atom. The molecular weight excluding hydrogens is 1060 g/mol. The van der Waals surface area contributed by atoms with Crippen LogP contribution in [0, 0.1) is 0 Å². The zero-order valence-electron chi connectivity index (χ0n) is 53.4. The first kappa shape index (κ1) is 59.0. The summed E-state index contributed by atoms with van der Waals surface area (Å²) in [6.07, 6.45) is 0. The third-order valence-corrected chi connectivity index (χ3v) is 16.8. The lowest BCUT2D eigenvalue weighted by Crippen LogP contribution is -2.11. The highest BCUT2D eigenvalue weighted by atomic mass is 16.2. The number of rotatable bonds is 6. The van der Waals surface area contributed by atoms with Crippen molar-refractivity contribution in [1.82, 2.24) is 39.9 Å². The Labute approximate surface area is 507 Å². The number of nitrogens with zero attached hydrogens (tertiary/aromatic N) is 6. The van der Waals surface area contributed by atoms with E-state index in [4.69, 9.17) is 29.9 Å². The van der Waals surface area contributed by atoms with Crippen LogP contribution in [0.3, 0.4) is 0 Å². The van der Waals surface area contributed by atoms with Crippen molar-refractivity contribution in [2.75, 3.05) is 0 Å². The quantitative estimate of drug-likeness (QED) is 0.157. The second-order valence-electron chi connectivity index (χ2n) is 29.5. The summed E-state index contributed by atoms with van der Waals surface area (Å²) in [5, 5.41) is 0. The maximum absolute atomic E-state index is 14.6. The van der Waals surface area contributed by atoms with Crippen LogP contribution in [0.25, 0.3) is 78.2 Å². The summed E-state index contributed by atoms with van der Waals surface area (Å²) in [5.41, 5.74) is 17.2. The maximum atomic E-state index is 14.6. The van der Waals surface area contributed by atoms with Crippen molar-refractivity contribution in [2.24, 2.45) is 0 Å². The van der Waals surface area contributed by atoms with Crippen LogP contribution >= 0.6 is 0 Å². The summed E-state index contributed by atoms with van der Waals surface area (Å²) in [5.74, 6) is -1.51. The van der Waals surface area contributed by atoms with Crippen LogP contribution in [-0.4, -0.2) is 51.4 Å². The van der Waals surface area contributed by atoms with Crippen molar-refractivity contribution in [2.45, 2.75) is 157 Å². The number of carbonyl (C=O) groups is 2. The van der Waals surface area contributed by atoms with Crippen LogP contribution in [0.1, 0.15) is 202 Å². The number of carbonyl (C=O) groups excluding carboxylic acids is 2. The van der Waals surface area contributed by atoms with Gasteiger partial charge in [-0.1, -0.05) is 270 Å². The van der Waals surface area contributed by atoms with Gasteiger partial charge < -0.3 is 9.97 Å². The lowest BCUT2D eigenvalue weighted by atomic mass is 9.84. The molecule has 0 saturated carbocycles. The summed E-state index contributed by atoms with van der Waals surface area (Å²) >= 11 is 0. The fourth-order valence-electron chi connectivity index (χ4n) is 11.4. The predicted octanol–water partition coefficient (Wildman–Crippen LogP) is 18.4. The SMILES string of the molecule is CC(C)(C)c1ccc(C2=C(c3ccc(C(C)(C)C)cc3)c3nc2nc2[nH]c(nc4nc(nc5[nH]c(n3)c(-c3ccc(C(C)(C)C)cc3)c5-c3ccc(C(C)(C)C)cc3)C(=O)C4=O)c(-c3ccc(C(C)(C)C)cc3)c2-c2ccc(C(C)(C)C)cc2)cc1. The molecule has 2 aliphatic rings. The number of aromatic amines is 2. The first-order chi connectivity index (χ1) is 40.2. The molecule has 0 atom stereocenters. The molecule has 6 aromatic carbocycles. The molecular formula is C76H80N8O2. The van der Waals surface area contributed by atoms with E-state index in [9.17, 15) is 9.59 Å². The maximum Gasteiger partial charge on any atom is 0.274 e. The number of Topliss-reactive ketones (excluding diaryl/α,β-unsaturated/α-hetero) is 2. The zero-order valence-corrected chi connectivity index (χ0v) is 53.4. The second-order valence-corrected chi connectivity index (χ2v) is 29.5. The van der Waals surface area contributed by atoms with Gasteiger partial charge in [-0.3, -0.25) is 9.59 Å². The Bertz CT molecular complexity index is 4070. The monoisotopic (exact) mass is 1140 g/mol. The van der Waals surface area contributed by atoms with Gasteiger partial charge in [0.05, 0.1) is 0 Å². The van der Waals surface area contributed by atoms with E-state index >= 15 is 0 Å². The van der Waals surface area contributed by atoms with E-state index in [1.54, 1.807) is 0 Å². The van der Waals surface area contributed by atoms with E-state index in [0.29, 0.717) is 45.4 Å². The third kappa shape index (κ3) is 11.3. The number of nitrogens with one attached hydrogen (secondary N) is 2. The minimum Gasteiger partial charge on any atom is -0.324 e. The molecule has 86 heavy (non-hydrogen) atoms. The van der Waals surface area contributed by atoms with Gasteiger partial charge in [0.25, 0.3) is 11.6 Å². The van der Waals surface area contributed by atoms with Crippen molar-refractivity contribution < 1.29 is 9.59 Å². The molecule has 3 aromatic heterocycles. The average molecular weight is 1140 g/mol. The highest BCUT2D eigenvalue weighted by Crippen LogP contribution is 2.45. The van der Waals surface area contributed by atoms with Gasteiger partial charge in [0.15, 0.2) is 11.6 Å². The van der Waals surface area contributed by atoms with Crippen LogP contribution in [0.4, 0.5) is 0 Å². The molecule has 0 spiro atoms. The van der Waals surface area contributed by atoms with Gasteiger partial charge in [0.2, 0.25) is 11.6 Å². The van der Waals surface area contributed by atoms with E-state index < -0.39 is 11.6 Å². The highest BCUT2D eigenvalue weighted by Gasteiger charge is 2.34. The van der Waals surface area contributed by atoms with Crippen LogP contribution in [-0.2, 0) is 32.5 Å². The Morgan fingerprint density at radius 2 is 0.407 bits per heavy atom. The Hall–Kier alpha value is -8.76. The molecule has 0 unspecified atom stereocenters. The van der Waals surface area contributed by atoms with Gasteiger partial charge in [0, 0.05) is 33.4 Å². The number of benzene rings is 6. The lowest BCUT2D eigenvalue weighted by molar-refractivity contribution is 0.0821. The van der Waals surface area contributed by atoms with Gasteiger partial charge in [-0.15, -0.1) is 0 Å². The molecule has 0 fully saturated rings. The standard InChI is InChI=1S/C76H80N8O2/c1-71(2,3)49-31-19-43(20-32-49)55-56(44-21-33-50(34-22-44)72(4,5)6)64-77-63(55)78-65-57(45-23-35-51(36-24-45)73(7,8)9)59(47-27-39-53(40-28-47)75(13,14)15)67(80-65)82-69-61(85)62(86)70(84-69)83-68-60(48-29-41-54(42-30-48)76(16,17)18)58(66(79-64)81-68)46-25-37-52(38-26-46)74(10,11)12/h19-42H,1-18H3,(H2,77,78,79,80,81,82,83,84). The Balaban J connectivity index is 1.37. The molecule has 0 saturated heterocycles. The van der Waals surface area contributed by atoms with Crippen molar-refractivity contribution >= 4 is 45.3 Å². The minimum atomic E-state index is -0.873. The number of hydrogen-bond acceptors (Lipinski definition) is 8. The molecule has 10 nitrogen and oxygen atoms in total. The Morgan fingerprint density at radius 3 is 0.605 bits per heavy atom. The van der Waals surface area contributed by atoms with Crippen molar-refractivity contribution in [3.05, 3.63) is 213 Å². The summed E-state index contributed by atoms with van der Waals surface area (Å²) in [4.78, 5) is 68.4. The zero-order chi connectivity index (χ0) is 61.8. The van der Waals surface area contributed by atoms with E-state index in [1.165, 1.54) is 11.1 Å². The third-order valence-electron chi connectivity index (χ3n) is 16.8.